The predicted molar refractivity (Wildman–Crippen MR) is 130 cm³/mol. The molecule has 198 valence electrons. The van der Waals surface area contributed by atoms with E-state index in [0.717, 1.165) is 71.6 Å². The van der Waals surface area contributed by atoms with Crippen LogP contribution in [-0.4, -0.2) is 129 Å². The zero-order chi connectivity index (χ0) is 24.5. The lowest BCUT2D eigenvalue weighted by Gasteiger charge is -2.43. The van der Waals surface area contributed by atoms with E-state index in [1.807, 2.05) is 9.80 Å². The second kappa shape index (κ2) is 10.8. The zero-order valence-corrected chi connectivity index (χ0v) is 20.8. The van der Waals surface area contributed by atoms with Crippen molar-refractivity contribution in [3.05, 3.63) is 0 Å². The van der Waals surface area contributed by atoms with Crippen molar-refractivity contribution >= 4 is 11.9 Å². The minimum Gasteiger partial charge on any atom is -0.351 e. The van der Waals surface area contributed by atoms with Gasteiger partial charge in [0, 0.05) is 64.9 Å². The van der Waals surface area contributed by atoms with Crippen LogP contribution < -0.4 is 27.1 Å². The summed E-state index contributed by atoms with van der Waals surface area (Å²) in [7, 11) is 2.10. The third-order valence-electron chi connectivity index (χ3n) is 8.68. The summed E-state index contributed by atoms with van der Waals surface area (Å²) in [5.41, 5.74) is 9.31. The number of likely N-dealkylation sites (tertiary alicyclic amines) is 1. The highest BCUT2D eigenvalue weighted by molar-refractivity contribution is 5.81. The first-order valence-corrected chi connectivity index (χ1v) is 13.3. The summed E-state index contributed by atoms with van der Waals surface area (Å²) in [6.07, 6.45) is 1.13. The van der Waals surface area contributed by atoms with Crippen LogP contribution in [0.15, 0.2) is 0 Å². The van der Waals surface area contributed by atoms with E-state index in [1.165, 1.54) is 0 Å². The first-order chi connectivity index (χ1) is 16.9. The SMILES string of the molecule is CN1CCN(C(=O)N2CCC(C3CCNCC3NC(=O)C3C(N)NN4CC(F)CNC34)CC2)CC1. The van der Waals surface area contributed by atoms with E-state index in [0.29, 0.717) is 11.8 Å². The minimum absolute atomic E-state index is 0.0277. The van der Waals surface area contributed by atoms with Crippen LogP contribution in [0.25, 0.3) is 0 Å². The second-order valence-electron chi connectivity index (χ2n) is 11.0. The zero-order valence-electron chi connectivity index (χ0n) is 20.8. The van der Waals surface area contributed by atoms with Crippen LogP contribution >= 0.6 is 0 Å². The van der Waals surface area contributed by atoms with Gasteiger partial charge in [0.25, 0.3) is 0 Å². The van der Waals surface area contributed by atoms with Crippen LogP contribution in [0.1, 0.15) is 19.3 Å². The van der Waals surface area contributed by atoms with E-state index in [9.17, 15) is 14.0 Å². The molecule has 5 heterocycles. The van der Waals surface area contributed by atoms with Gasteiger partial charge >= 0.3 is 6.03 Å². The fourth-order valence-corrected chi connectivity index (χ4v) is 6.58. The number of alkyl halides is 1. The summed E-state index contributed by atoms with van der Waals surface area (Å²) in [5.74, 6) is 0.292. The molecule has 5 aliphatic rings. The molecule has 0 aromatic heterocycles. The number of carbonyl (C=O) groups is 2. The number of hydrogen-bond donors (Lipinski definition) is 5. The van der Waals surface area contributed by atoms with Gasteiger partial charge in [0.1, 0.15) is 6.17 Å². The van der Waals surface area contributed by atoms with Crippen LogP contribution in [0.5, 0.6) is 0 Å². The average Bonchev–Trinajstić information content (AvgIpc) is 3.19. The van der Waals surface area contributed by atoms with E-state index in [2.05, 4.69) is 33.3 Å². The van der Waals surface area contributed by atoms with E-state index >= 15 is 0 Å². The van der Waals surface area contributed by atoms with Crippen molar-refractivity contribution in [3.63, 3.8) is 0 Å². The molecule has 35 heavy (non-hydrogen) atoms. The van der Waals surface area contributed by atoms with Gasteiger partial charge in [0.2, 0.25) is 5.91 Å². The number of halogens is 1. The number of likely N-dealkylation sites (N-methyl/N-ethyl adjacent to an activating group) is 1. The topological polar surface area (TPSA) is 121 Å². The first kappa shape index (κ1) is 25.1. The smallest absolute Gasteiger partial charge is 0.320 e. The lowest BCUT2D eigenvalue weighted by atomic mass is 9.76. The molecule has 0 radical (unpaired) electrons. The number of piperazine rings is 1. The summed E-state index contributed by atoms with van der Waals surface area (Å²) >= 11 is 0. The van der Waals surface area contributed by atoms with Gasteiger partial charge in [-0.25, -0.2) is 19.6 Å². The maximum absolute atomic E-state index is 13.8. The first-order valence-electron chi connectivity index (χ1n) is 13.3. The molecule has 0 bridgehead atoms. The summed E-state index contributed by atoms with van der Waals surface area (Å²) in [5, 5.41) is 11.6. The quantitative estimate of drug-likeness (QED) is 0.310. The van der Waals surface area contributed by atoms with Crippen molar-refractivity contribution in [1.82, 2.24) is 41.1 Å². The van der Waals surface area contributed by atoms with Gasteiger partial charge in [0.05, 0.1) is 18.2 Å². The number of urea groups is 1. The third kappa shape index (κ3) is 5.42. The molecule has 3 amide bonds. The Kier molecular flexibility index (Phi) is 7.75. The van der Waals surface area contributed by atoms with Crippen molar-refractivity contribution in [2.75, 3.05) is 72.5 Å². The summed E-state index contributed by atoms with van der Waals surface area (Å²) < 4.78 is 13.8. The van der Waals surface area contributed by atoms with E-state index < -0.39 is 18.3 Å². The Hall–Kier alpha value is -1.57. The molecule has 6 N–H and O–H groups in total. The molecule has 6 atom stereocenters. The van der Waals surface area contributed by atoms with Crippen molar-refractivity contribution < 1.29 is 14.0 Å². The molecule has 0 spiro atoms. The van der Waals surface area contributed by atoms with E-state index in [4.69, 9.17) is 5.73 Å². The highest BCUT2D eigenvalue weighted by Gasteiger charge is 2.48. The van der Waals surface area contributed by atoms with Gasteiger partial charge < -0.3 is 31.1 Å². The fraction of sp³-hybridized carbons (Fsp3) is 0.913. The van der Waals surface area contributed by atoms with Crippen LogP contribution in [0.3, 0.4) is 0 Å². The highest BCUT2D eigenvalue weighted by Crippen LogP contribution is 2.32. The largest absolute Gasteiger partial charge is 0.351 e. The number of carbonyl (C=O) groups excluding carboxylic acids is 2. The fourth-order valence-electron chi connectivity index (χ4n) is 6.58. The number of amides is 3. The lowest BCUT2D eigenvalue weighted by molar-refractivity contribution is -0.128. The Bertz CT molecular complexity index is 759. The van der Waals surface area contributed by atoms with E-state index in [-0.39, 0.29) is 37.2 Å². The predicted octanol–water partition coefficient (Wildman–Crippen LogP) is -1.85. The van der Waals surface area contributed by atoms with Gasteiger partial charge in [-0.05, 0) is 44.7 Å². The Morgan fingerprint density at radius 1 is 1.00 bits per heavy atom. The maximum atomic E-state index is 13.8. The Morgan fingerprint density at radius 3 is 2.46 bits per heavy atom. The monoisotopic (exact) mass is 495 g/mol. The van der Waals surface area contributed by atoms with Gasteiger partial charge in [-0.1, -0.05) is 0 Å². The summed E-state index contributed by atoms with van der Waals surface area (Å²) in [6, 6.07) is 0.203. The summed E-state index contributed by atoms with van der Waals surface area (Å²) in [4.78, 5) is 32.6. The number of rotatable bonds is 3. The van der Waals surface area contributed by atoms with Gasteiger partial charge in [-0.15, -0.1) is 0 Å². The number of nitrogens with one attached hydrogen (secondary N) is 4. The number of nitrogens with zero attached hydrogens (tertiary/aromatic N) is 4. The van der Waals surface area contributed by atoms with Crippen molar-refractivity contribution in [3.8, 4) is 0 Å². The van der Waals surface area contributed by atoms with Crippen LogP contribution in [-0.2, 0) is 4.79 Å². The minimum atomic E-state index is -0.978. The number of hydrazine groups is 1. The number of fused-ring (bicyclic) bond motifs is 1. The molecule has 5 aliphatic heterocycles. The number of piperidine rings is 2. The molecular weight excluding hydrogens is 453 g/mol. The molecule has 0 aromatic rings. The number of nitrogens with two attached hydrogens (primary N) is 1. The Labute approximate surface area is 207 Å². The second-order valence-corrected chi connectivity index (χ2v) is 11.0. The molecule has 5 saturated heterocycles. The summed E-state index contributed by atoms with van der Waals surface area (Å²) in [6.45, 7) is 7.17. The van der Waals surface area contributed by atoms with Crippen molar-refractivity contribution in [1.29, 1.82) is 0 Å². The van der Waals surface area contributed by atoms with E-state index in [1.54, 1.807) is 5.01 Å². The van der Waals surface area contributed by atoms with Crippen molar-refractivity contribution in [2.24, 2.45) is 23.5 Å². The van der Waals surface area contributed by atoms with Crippen LogP contribution in [0, 0.1) is 17.8 Å². The number of hydrogen-bond acceptors (Lipinski definition) is 8. The Balaban J connectivity index is 1.15. The molecule has 6 unspecified atom stereocenters. The van der Waals surface area contributed by atoms with Gasteiger partial charge in [-0.3, -0.25) is 10.1 Å². The Morgan fingerprint density at radius 2 is 1.71 bits per heavy atom. The molecule has 12 heteroatoms. The molecular formula is C23H42FN9O2. The molecule has 0 aliphatic carbocycles. The lowest BCUT2D eigenvalue weighted by Crippen LogP contribution is -2.61. The molecule has 0 aromatic carbocycles. The average molecular weight is 496 g/mol. The molecule has 0 saturated carbocycles. The van der Waals surface area contributed by atoms with Crippen LogP contribution in [0.2, 0.25) is 0 Å². The normalized spacial score (nSPS) is 37.8. The van der Waals surface area contributed by atoms with Gasteiger partial charge in [-0.2, -0.15) is 0 Å². The van der Waals surface area contributed by atoms with Crippen LogP contribution in [0.4, 0.5) is 9.18 Å². The van der Waals surface area contributed by atoms with Gasteiger partial charge in [0.15, 0.2) is 0 Å². The maximum Gasteiger partial charge on any atom is 0.320 e. The highest BCUT2D eigenvalue weighted by atomic mass is 19.1. The third-order valence-corrected chi connectivity index (χ3v) is 8.68. The van der Waals surface area contributed by atoms with Crippen molar-refractivity contribution in [2.45, 2.75) is 43.8 Å². The molecule has 11 nitrogen and oxygen atoms in total. The molecule has 5 rings (SSSR count). The standard InChI is InChI=1S/C23H42FN9O2/c1-30-8-10-32(11-9-30)23(35)31-6-3-15(4-7-31)17-2-5-26-13-18(17)28-22(34)19-20(25)29-33-14-16(24)12-27-21(19)33/h15-21,26-27,29H,2-14,25H2,1H3,(H,28,34). The molecule has 5 fully saturated rings.